The van der Waals surface area contributed by atoms with Crippen molar-refractivity contribution in [1.82, 2.24) is 36.9 Å². The summed E-state index contributed by atoms with van der Waals surface area (Å²) < 4.78 is 16.2. The third-order valence-electron chi connectivity index (χ3n) is 19.9. The average molecular weight is 1430 g/mol. The van der Waals surface area contributed by atoms with Gasteiger partial charge >= 0.3 is 12.1 Å². The van der Waals surface area contributed by atoms with Crippen LogP contribution in [0.3, 0.4) is 0 Å². The Morgan fingerprint density at radius 2 is 1.07 bits per heavy atom. The van der Waals surface area contributed by atoms with Gasteiger partial charge in [0.1, 0.15) is 23.6 Å². The van der Waals surface area contributed by atoms with E-state index < -0.39 is 65.1 Å². The molecule has 0 bridgehead atoms. The zero-order valence-corrected chi connectivity index (χ0v) is 61.3. The van der Waals surface area contributed by atoms with Gasteiger partial charge < -0.3 is 51.1 Å². The molecule has 6 amide bonds. The second-order valence-corrected chi connectivity index (χ2v) is 30.7. The molecule has 10 rings (SSSR count). The van der Waals surface area contributed by atoms with Crippen LogP contribution in [0.2, 0.25) is 0 Å². The number of alkyl carbamates (subject to hydrolysis) is 1. The lowest BCUT2D eigenvalue weighted by molar-refractivity contribution is -0.135. The third-order valence-corrected chi connectivity index (χ3v) is 21.4. The zero-order chi connectivity index (χ0) is 73.6. The average Bonchev–Trinajstić information content (AvgIpc) is 1.66. The van der Waals surface area contributed by atoms with Crippen molar-refractivity contribution in [2.24, 2.45) is 29.6 Å². The van der Waals surface area contributed by atoms with E-state index in [1.165, 1.54) is 0 Å². The number of urea groups is 1. The van der Waals surface area contributed by atoms with Crippen molar-refractivity contribution < 1.29 is 62.2 Å². The van der Waals surface area contributed by atoms with Gasteiger partial charge in [0, 0.05) is 71.5 Å². The number of para-hydroxylation sites is 1. The summed E-state index contributed by atoms with van der Waals surface area (Å²) in [5, 5.41) is 19.0. The molecule has 12 atom stereocenters. The maximum absolute atomic E-state index is 14.3. The Labute approximate surface area is 609 Å². The number of hydrogen-bond acceptors (Lipinski definition) is 14. The molecule has 6 aromatic rings. The molecule has 0 saturated carbocycles. The monoisotopic (exact) mass is 1430 g/mol. The molecule has 4 saturated heterocycles. The molecule has 5 aromatic carbocycles. The van der Waals surface area contributed by atoms with Crippen LogP contribution in [-0.2, 0) is 84.9 Å². The Bertz CT molecular complexity index is 3840. The van der Waals surface area contributed by atoms with Crippen molar-refractivity contribution in [3.63, 3.8) is 0 Å². The van der Waals surface area contributed by atoms with Gasteiger partial charge in [-0.25, -0.2) is 9.59 Å². The molecular formula is C82H103N7O13S. The normalized spacial score (nSPS) is 20.6. The van der Waals surface area contributed by atoms with Crippen LogP contribution < -0.4 is 31.9 Å². The number of carbonyl (C=O) groups excluding carboxylic acids is 10. The van der Waals surface area contributed by atoms with E-state index >= 15 is 0 Å². The minimum absolute atomic E-state index is 0.0169. The Morgan fingerprint density at radius 3 is 1.66 bits per heavy atom. The Kier molecular flexibility index (Phi) is 28.6. The smallest absolute Gasteiger partial charge is 0.408 e. The number of amides is 6. The first-order valence-corrected chi connectivity index (χ1v) is 37.7. The van der Waals surface area contributed by atoms with Crippen LogP contribution in [0.15, 0.2) is 152 Å². The molecule has 4 fully saturated rings. The van der Waals surface area contributed by atoms with Crippen molar-refractivity contribution in [2.75, 3.05) is 19.0 Å². The standard InChI is InChI=1S/C46H64N4O7S.C36H39N3O6/c1-29(2)22-36(39(52)26-34(24-32-16-10-7-11-17-32)44(55)48-37(23-30(3)4)42(53)46(5)28-57-46)47-43(54)33(21-20-31-14-8-6-9-15-31)25-35(51)18-12-13-19-40-41-38(27-58-40)49-45(56)50-41;1-3-29(39-35(43)44-22-25-14-8-5-9-15-25)32(40)20-26(19-27-21-37-30-17-11-10-16-28(27)30)34(42)38-31(33(41)36(2)23-45-36)18-24-12-6-4-7-13-24/h6-11,14-17,29-30,33-34,36-38,40-41H,12-13,18-28H2,1-5H3,(H,47,54)(H,48,55)(H2,49,50,56);4-17,21,26,29,31,37H,3,18-20,22-23H2,1-2H3,(H,38,42)(H,39,43)/t33-,34-,36+,37+,38+,40?,41+,46-;26-,29-,31+,36-/m11/s1. The highest BCUT2D eigenvalue weighted by atomic mass is 32.2. The maximum atomic E-state index is 14.3. The number of ether oxygens (including phenoxy) is 3. The number of aryl methyl sites for hydroxylation is 1. The van der Waals surface area contributed by atoms with Crippen LogP contribution in [-0.4, -0.2) is 135 Å². The van der Waals surface area contributed by atoms with E-state index in [2.05, 4.69) is 36.9 Å². The second-order valence-electron chi connectivity index (χ2n) is 29.4. The number of ketones is 5. The summed E-state index contributed by atoms with van der Waals surface area (Å²) in [7, 11) is 0. The second kappa shape index (κ2) is 37.6. The van der Waals surface area contributed by atoms with Gasteiger partial charge in [-0.1, -0.05) is 181 Å². The van der Waals surface area contributed by atoms with Gasteiger partial charge in [0.25, 0.3) is 0 Å². The SMILES string of the molecule is CC(C)C[C@H](NC(=O)[C@H](CCc1ccccc1)CC(=O)CCCCC1SC[C@@H]2NC(=O)N[C@H]12)C(=O)C[C@@H](Cc1ccccc1)C(=O)N[C@@H](CC(C)C)C(=O)[C@@]1(C)CO1.CC[C@@H](NC(=O)OCc1ccccc1)C(=O)C[C@@H](Cc1c[nH]c2ccccc12)C(=O)N[C@@H](Cc1ccccc1)C(=O)[C@@]1(C)CO1. The van der Waals surface area contributed by atoms with Crippen LogP contribution in [0, 0.1) is 29.6 Å². The lowest BCUT2D eigenvalue weighted by atomic mass is 9.87. The number of Topliss-reactive ketones (excluding diaryl/α,β-unsaturated/α-hetero) is 5. The van der Waals surface area contributed by atoms with Gasteiger partial charge in [-0.3, -0.25) is 38.4 Å². The van der Waals surface area contributed by atoms with Crippen molar-refractivity contribution in [3.05, 3.63) is 180 Å². The number of rotatable bonds is 40. The number of carbonyl (C=O) groups is 10. The molecule has 0 radical (unpaired) electrons. The summed E-state index contributed by atoms with van der Waals surface area (Å²) in [4.78, 5) is 138. The third kappa shape index (κ3) is 23.6. The molecular weight excluding hydrogens is 1320 g/mol. The van der Waals surface area contributed by atoms with E-state index in [4.69, 9.17) is 14.2 Å². The van der Waals surface area contributed by atoms with Crippen LogP contribution in [0.25, 0.3) is 10.9 Å². The van der Waals surface area contributed by atoms with Gasteiger partial charge in [-0.15, -0.1) is 0 Å². The number of H-pyrrole nitrogens is 1. The summed E-state index contributed by atoms with van der Waals surface area (Å²) in [6.45, 7) is 13.9. The van der Waals surface area contributed by atoms with Gasteiger partial charge in [0.2, 0.25) is 17.7 Å². The molecule has 0 aliphatic carbocycles. The molecule has 20 nitrogen and oxygen atoms in total. The van der Waals surface area contributed by atoms with Crippen molar-refractivity contribution in [3.8, 4) is 0 Å². The number of aromatic amines is 1. The summed E-state index contributed by atoms with van der Waals surface area (Å²) in [6.07, 6.45) is 6.84. The van der Waals surface area contributed by atoms with Gasteiger partial charge in [0.15, 0.2) is 23.1 Å². The highest BCUT2D eigenvalue weighted by Crippen LogP contribution is 2.35. The lowest BCUT2D eigenvalue weighted by Gasteiger charge is -2.27. The quantitative estimate of drug-likeness (QED) is 0.0107. The van der Waals surface area contributed by atoms with Crippen LogP contribution in [0.4, 0.5) is 9.59 Å². The lowest BCUT2D eigenvalue weighted by Crippen LogP contribution is -2.50. The van der Waals surface area contributed by atoms with E-state index in [1.807, 2.05) is 191 Å². The van der Waals surface area contributed by atoms with E-state index in [0.29, 0.717) is 69.8 Å². The molecule has 550 valence electrons. The number of nitrogens with one attached hydrogen (secondary N) is 7. The number of unbranched alkanes of at least 4 members (excludes halogenated alkanes) is 1. The number of benzene rings is 5. The number of hydrogen-bond donors (Lipinski definition) is 7. The van der Waals surface area contributed by atoms with E-state index in [0.717, 1.165) is 57.3 Å². The van der Waals surface area contributed by atoms with Gasteiger partial charge in [-0.05, 0) is 124 Å². The summed E-state index contributed by atoms with van der Waals surface area (Å²) >= 11 is 1.86. The molecule has 4 aliphatic heterocycles. The fourth-order valence-corrected chi connectivity index (χ4v) is 15.2. The van der Waals surface area contributed by atoms with E-state index in [1.54, 1.807) is 20.8 Å². The fraction of sp³-hybridized carbons (Fsp3) is 0.488. The minimum atomic E-state index is -0.938. The van der Waals surface area contributed by atoms with E-state index in [-0.39, 0.29) is 109 Å². The highest BCUT2D eigenvalue weighted by molar-refractivity contribution is 8.00. The number of epoxide rings is 2. The predicted octanol–water partition coefficient (Wildman–Crippen LogP) is 11.2. The largest absolute Gasteiger partial charge is 0.445 e. The molecule has 1 aromatic heterocycles. The van der Waals surface area contributed by atoms with Gasteiger partial charge in [0.05, 0.1) is 49.5 Å². The van der Waals surface area contributed by atoms with Crippen LogP contribution in [0.5, 0.6) is 0 Å². The number of fused-ring (bicyclic) bond motifs is 2. The first-order chi connectivity index (χ1) is 49.5. The molecule has 4 aliphatic rings. The highest BCUT2D eigenvalue weighted by Gasteiger charge is 2.52. The molecule has 0 spiro atoms. The van der Waals surface area contributed by atoms with Crippen molar-refractivity contribution >= 4 is 81.4 Å². The first kappa shape index (κ1) is 78.3. The predicted molar refractivity (Wildman–Crippen MR) is 398 cm³/mol. The van der Waals surface area contributed by atoms with Gasteiger partial charge in [-0.2, -0.15) is 11.8 Å². The minimum Gasteiger partial charge on any atom is -0.445 e. The molecule has 7 N–H and O–H groups in total. The number of aromatic nitrogens is 1. The fourth-order valence-electron chi connectivity index (χ4n) is 13.7. The van der Waals surface area contributed by atoms with Crippen molar-refractivity contribution in [1.29, 1.82) is 0 Å². The zero-order valence-electron chi connectivity index (χ0n) is 60.5. The molecule has 21 heteroatoms. The topological polar surface area (TPSA) is 293 Å². The van der Waals surface area contributed by atoms with Crippen molar-refractivity contribution in [2.45, 2.75) is 204 Å². The summed E-state index contributed by atoms with van der Waals surface area (Å²) in [5.41, 5.74) is 3.63. The van der Waals surface area contributed by atoms with Crippen LogP contribution >= 0.6 is 11.8 Å². The Morgan fingerprint density at radius 1 is 0.563 bits per heavy atom. The first-order valence-electron chi connectivity index (χ1n) is 36.6. The molecule has 1 unspecified atom stereocenters. The summed E-state index contributed by atoms with van der Waals surface area (Å²) in [6, 6.07) is 42.7. The summed E-state index contributed by atoms with van der Waals surface area (Å²) in [5.74, 6) is -3.12. The molecule has 103 heavy (non-hydrogen) atoms. The Balaban J connectivity index is 0.000000247. The van der Waals surface area contributed by atoms with E-state index in [9.17, 15) is 47.9 Å². The Hall–Kier alpha value is -8.79. The van der Waals surface area contributed by atoms with Crippen LogP contribution in [0.1, 0.15) is 147 Å². The number of thioether (sulfide) groups is 1. The molecule has 5 heterocycles. The maximum Gasteiger partial charge on any atom is 0.408 e.